The number of likely N-dealkylation sites (tertiary alicyclic amines) is 1. The molecule has 0 radical (unpaired) electrons. The van der Waals surface area contributed by atoms with Gasteiger partial charge in [0.1, 0.15) is 17.3 Å². The molecular formula is C40H42N6O6. The zero-order chi connectivity index (χ0) is 36.4. The number of fused-ring (bicyclic) bond motifs is 1. The highest BCUT2D eigenvalue weighted by Gasteiger charge is 2.63. The van der Waals surface area contributed by atoms with Crippen LogP contribution in [0.4, 0.5) is 5.69 Å². The number of nitrogens with zero attached hydrogens (tertiary/aromatic N) is 6. The summed E-state index contributed by atoms with van der Waals surface area (Å²) in [6.07, 6.45) is 5.16. The number of aliphatic imine (C=N–C) groups is 1. The molecule has 1 amide bonds. The number of piperidine rings is 1. The third-order valence-electron chi connectivity index (χ3n) is 10.4. The first-order valence-electron chi connectivity index (χ1n) is 17.6. The van der Waals surface area contributed by atoms with E-state index >= 15 is 0 Å². The number of esters is 2. The molecule has 12 nitrogen and oxygen atoms in total. The molecule has 1 aromatic heterocycles. The molecule has 268 valence electrons. The number of hydrogen-bond acceptors (Lipinski definition) is 10. The Kier molecular flexibility index (Phi) is 9.63. The van der Waals surface area contributed by atoms with Crippen molar-refractivity contribution < 1.29 is 28.6 Å². The van der Waals surface area contributed by atoms with Gasteiger partial charge in [0.2, 0.25) is 5.91 Å². The molecule has 4 heterocycles. The van der Waals surface area contributed by atoms with Gasteiger partial charge in [0, 0.05) is 30.8 Å². The van der Waals surface area contributed by atoms with E-state index in [-0.39, 0.29) is 30.1 Å². The van der Waals surface area contributed by atoms with Gasteiger partial charge in [-0.1, -0.05) is 53.7 Å². The van der Waals surface area contributed by atoms with E-state index in [1.807, 2.05) is 84.5 Å². The van der Waals surface area contributed by atoms with E-state index in [0.29, 0.717) is 25.3 Å². The number of benzene rings is 3. The van der Waals surface area contributed by atoms with Crippen LogP contribution in [0.2, 0.25) is 0 Å². The first kappa shape index (κ1) is 34.7. The Morgan fingerprint density at radius 2 is 1.65 bits per heavy atom. The second-order valence-corrected chi connectivity index (χ2v) is 13.3. The smallest absolute Gasteiger partial charge is 0.357 e. The lowest BCUT2D eigenvalue weighted by Gasteiger charge is -2.48. The predicted octanol–water partition coefficient (Wildman–Crippen LogP) is 5.39. The van der Waals surface area contributed by atoms with Crippen LogP contribution in [0.5, 0.6) is 5.75 Å². The lowest BCUT2D eigenvalue weighted by molar-refractivity contribution is -0.140. The van der Waals surface area contributed by atoms with Crippen molar-refractivity contribution in [3.8, 4) is 17.0 Å². The Labute approximate surface area is 302 Å². The third-order valence-corrected chi connectivity index (χ3v) is 10.4. The van der Waals surface area contributed by atoms with Gasteiger partial charge in [-0.15, -0.1) is 5.10 Å². The van der Waals surface area contributed by atoms with Gasteiger partial charge >= 0.3 is 11.9 Å². The first-order chi connectivity index (χ1) is 25.3. The number of unbranched alkanes of at least 4 members (excludes halogenated alkanes) is 2. The van der Waals surface area contributed by atoms with E-state index < -0.39 is 23.4 Å². The van der Waals surface area contributed by atoms with Crippen molar-refractivity contribution in [2.24, 2.45) is 4.99 Å². The Balaban J connectivity index is 1.18. The normalized spacial score (nSPS) is 19.1. The number of anilines is 1. The number of amides is 1. The van der Waals surface area contributed by atoms with E-state index in [1.54, 1.807) is 12.0 Å². The number of amidine groups is 1. The van der Waals surface area contributed by atoms with Crippen molar-refractivity contribution in [2.75, 3.05) is 32.8 Å². The molecule has 4 aromatic rings. The number of ether oxygens (including phenoxy) is 3. The summed E-state index contributed by atoms with van der Waals surface area (Å²) in [5, 5.41) is 8.78. The molecule has 3 aliphatic heterocycles. The summed E-state index contributed by atoms with van der Waals surface area (Å²) in [6.45, 7) is 3.59. The maximum absolute atomic E-state index is 13.7. The average molecular weight is 703 g/mol. The number of rotatable bonds is 12. The van der Waals surface area contributed by atoms with E-state index in [0.717, 1.165) is 58.6 Å². The van der Waals surface area contributed by atoms with E-state index in [4.69, 9.17) is 19.2 Å². The van der Waals surface area contributed by atoms with Gasteiger partial charge in [-0.3, -0.25) is 14.4 Å². The Morgan fingerprint density at radius 1 is 0.904 bits per heavy atom. The standard InChI is InChI=1S/C40H42N6O6/c1-26-23-28(50-2)17-18-29(26)31-25-44(43-42-31)21-11-6-12-22-45-32-16-10-9-15-30(32)40-20-19-33(47)46(24-27-13-7-5-8-14-27)39(40)41-35(38(49)52-4)34(36(40)45)37(48)51-3/h5,7-10,13-18,23,25,36H,6,11-12,19-22,24H2,1-4H3/t36-,40-/m0/s1. The molecule has 0 N–H and O–H groups in total. The largest absolute Gasteiger partial charge is 0.497 e. The summed E-state index contributed by atoms with van der Waals surface area (Å²) in [5.74, 6) is -0.242. The van der Waals surface area contributed by atoms with E-state index in [2.05, 4.69) is 21.3 Å². The topological polar surface area (TPSA) is 128 Å². The van der Waals surface area contributed by atoms with Crippen LogP contribution in [0, 0.1) is 6.92 Å². The van der Waals surface area contributed by atoms with Gasteiger partial charge in [-0.2, -0.15) is 0 Å². The lowest BCUT2D eigenvalue weighted by atomic mass is 9.65. The molecule has 0 aliphatic carbocycles. The molecule has 1 spiro atoms. The molecule has 1 fully saturated rings. The molecule has 7 rings (SSSR count). The fourth-order valence-corrected chi connectivity index (χ4v) is 8.00. The van der Waals surface area contributed by atoms with Gasteiger partial charge in [0.15, 0.2) is 5.70 Å². The van der Waals surface area contributed by atoms with Gasteiger partial charge in [-0.05, 0) is 73.6 Å². The number of carbonyl (C=O) groups excluding carboxylic acids is 3. The summed E-state index contributed by atoms with van der Waals surface area (Å²) >= 11 is 0. The Hall–Kier alpha value is -5.78. The van der Waals surface area contributed by atoms with Crippen molar-refractivity contribution in [1.29, 1.82) is 0 Å². The van der Waals surface area contributed by atoms with Crippen molar-refractivity contribution in [3.05, 3.63) is 107 Å². The predicted molar refractivity (Wildman–Crippen MR) is 195 cm³/mol. The highest BCUT2D eigenvalue weighted by atomic mass is 16.5. The summed E-state index contributed by atoms with van der Waals surface area (Å²) in [4.78, 5) is 49.7. The van der Waals surface area contributed by atoms with Crippen LogP contribution < -0.4 is 9.64 Å². The maximum Gasteiger partial charge on any atom is 0.357 e. The minimum absolute atomic E-state index is 0.0907. The fourth-order valence-electron chi connectivity index (χ4n) is 8.00. The molecule has 12 heteroatoms. The minimum atomic E-state index is -0.878. The number of para-hydroxylation sites is 1. The monoisotopic (exact) mass is 702 g/mol. The fraction of sp³-hybridized carbons (Fsp3) is 0.350. The zero-order valence-corrected chi connectivity index (χ0v) is 29.9. The van der Waals surface area contributed by atoms with Crippen LogP contribution in [0.1, 0.15) is 48.8 Å². The molecule has 3 aromatic carbocycles. The highest BCUT2D eigenvalue weighted by Crippen LogP contribution is 2.56. The number of aromatic nitrogens is 3. The zero-order valence-electron chi connectivity index (χ0n) is 29.9. The van der Waals surface area contributed by atoms with Gasteiger partial charge in [-0.25, -0.2) is 14.6 Å². The molecule has 1 saturated heterocycles. The van der Waals surface area contributed by atoms with Crippen LogP contribution in [-0.2, 0) is 42.4 Å². The van der Waals surface area contributed by atoms with Crippen LogP contribution in [0.3, 0.4) is 0 Å². The molecule has 0 unspecified atom stereocenters. The highest BCUT2D eigenvalue weighted by molar-refractivity contribution is 6.15. The molecule has 2 atom stereocenters. The molecular weight excluding hydrogens is 660 g/mol. The second-order valence-electron chi connectivity index (χ2n) is 13.3. The van der Waals surface area contributed by atoms with Gasteiger partial charge in [0.05, 0.1) is 51.1 Å². The van der Waals surface area contributed by atoms with Crippen LogP contribution in [0.25, 0.3) is 11.3 Å². The second kappa shape index (κ2) is 14.5. The van der Waals surface area contributed by atoms with Crippen molar-refractivity contribution >= 4 is 29.4 Å². The Bertz CT molecular complexity index is 2070. The van der Waals surface area contributed by atoms with Crippen LogP contribution in [-0.4, -0.2) is 77.5 Å². The molecule has 0 bridgehead atoms. The summed E-state index contributed by atoms with van der Waals surface area (Å²) in [7, 11) is 4.22. The van der Waals surface area contributed by atoms with E-state index in [1.165, 1.54) is 14.2 Å². The summed E-state index contributed by atoms with van der Waals surface area (Å²) in [6, 6.07) is 23.0. The van der Waals surface area contributed by atoms with Crippen molar-refractivity contribution in [2.45, 2.75) is 63.6 Å². The SMILES string of the molecule is COC(=O)C1=C(C(=O)OC)[C@@H]2N(CCCCCn3cc(-c4ccc(OC)cc4C)nn3)c3ccccc3[C@@]23CCC(=O)N(Cc2ccccc2)C3=N1. The molecule has 3 aliphatic rings. The Morgan fingerprint density at radius 3 is 2.40 bits per heavy atom. The molecule has 0 saturated carbocycles. The first-order valence-corrected chi connectivity index (χ1v) is 17.6. The minimum Gasteiger partial charge on any atom is -0.497 e. The maximum atomic E-state index is 13.7. The third kappa shape index (κ3) is 6.01. The summed E-state index contributed by atoms with van der Waals surface area (Å²) in [5.41, 5.74) is 4.86. The number of carbonyl (C=O) groups is 3. The number of hydrogen-bond donors (Lipinski definition) is 0. The lowest BCUT2D eigenvalue weighted by Crippen LogP contribution is -2.63. The van der Waals surface area contributed by atoms with Crippen molar-refractivity contribution in [3.63, 3.8) is 0 Å². The van der Waals surface area contributed by atoms with Crippen LogP contribution >= 0.6 is 0 Å². The van der Waals surface area contributed by atoms with Crippen LogP contribution in [0.15, 0.2) is 95.3 Å². The number of methoxy groups -OCH3 is 3. The van der Waals surface area contributed by atoms with Gasteiger partial charge < -0.3 is 19.1 Å². The summed E-state index contributed by atoms with van der Waals surface area (Å²) < 4.78 is 17.7. The molecule has 52 heavy (non-hydrogen) atoms. The quantitative estimate of drug-likeness (QED) is 0.141. The van der Waals surface area contributed by atoms with E-state index in [9.17, 15) is 14.4 Å². The van der Waals surface area contributed by atoms with Gasteiger partial charge in [0.25, 0.3) is 0 Å². The van der Waals surface area contributed by atoms with Crippen molar-refractivity contribution in [1.82, 2.24) is 19.9 Å². The average Bonchev–Trinajstić information content (AvgIpc) is 3.75. The number of aryl methyl sites for hydroxylation is 2.